The van der Waals surface area contributed by atoms with E-state index in [1.807, 2.05) is 26.0 Å². The number of benzene rings is 1. The highest BCUT2D eigenvalue weighted by Gasteiger charge is 2.65. The number of hydrogen-bond acceptors (Lipinski definition) is 5. The number of ether oxygens (including phenoxy) is 1. The van der Waals surface area contributed by atoms with Gasteiger partial charge in [0, 0.05) is 25.9 Å². The quantitative estimate of drug-likeness (QED) is 0.471. The Bertz CT molecular complexity index is 667. The van der Waals surface area contributed by atoms with Gasteiger partial charge in [-0.15, -0.1) is 0 Å². The molecule has 1 unspecified atom stereocenters. The third-order valence-corrected chi connectivity index (χ3v) is 5.38. The first-order valence-corrected chi connectivity index (χ1v) is 8.05. The van der Waals surface area contributed by atoms with Crippen LogP contribution < -0.4 is 0 Å². The fraction of sp³-hybridized carbons (Fsp3) is 0.529. The second-order valence-electron chi connectivity index (χ2n) is 6.30. The van der Waals surface area contributed by atoms with Crippen molar-refractivity contribution in [3.63, 3.8) is 0 Å². The van der Waals surface area contributed by atoms with Gasteiger partial charge >= 0.3 is 5.97 Å². The highest BCUT2D eigenvalue weighted by Crippen LogP contribution is 2.48. The summed E-state index contributed by atoms with van der Waals surface area (Å²) in [6, 6.07) is 5.59. The Labute approximate surface area is 140 Å². The van der Waals surface area contributed by atoms with Gasteiger partial charge in [-0.2, -0.15) is 5.06 Å². The molecule has 5 nitrogen and oxygen atoms in total. The van der Waals surface area contributed by atoms with Gasteiger partial charge in [-0.05, 0) is 25.0 Å². The maximum Gasteiger partial charge on any atom is 0.340 e. The van der Waals surface area contributed by atoms with Crippen LogP contribution in [0.3, 0.4) is 0 Å². The Kier molecular flexibility index (Phi) is 3.99. The van der Waals surface area contributed by atoms with Crippen molar-refractivity contribution in [1.29, 1.82) is 0 Å². The lowest BCUT2D eigenvalue weighted by Crippen LogP contribution is -2.50. The van der Waals surface area contributed by atoms with Crippen LogP contribution in [0.2, 0.25) is 0 Å². The van der Waals surface area contributed by atoms with Crippen molar-refractivity contribution in [3.05, 3.63) is 34.9 Å². The molecule has 0 N–H and O–H groups in total. The number of hydroxylamine groups is 2. The number of piperidine rings is 1. The van der Waals surface area contributed by atoms with Gasteiger partial charge < -0.3 is 9.57 Å². The van der Waals surface area contributed by atoms with Crippen molar-refractivity contribution >= 4 is 23.4 Å². The van der Waals surface area contributed by atoms with E-state index in [0.29, 0.717) is 31.5 Å². The van der Waals surface area contributed by atoms with E-state index < -0.39 is 16.4 Å². The Morgan fingerprint density at radius 2 is 1.87 bits per heavy atom. The van der Waals surface area contributed by atoms with Crippen LogP contribution in [-0.4, -0.2) is 42.6 Å². The highest BCUT2D eigenvalue weighted by atomic mass is 35.5. The number of alkyl halides is 1. The SMILES string of the molecule is CON1CCC2(CC1)OC(=O)C(Cl)(c1cc(C)ccc1C)C2=O. The van der Waals surface area contributed by atoms with Gasteiger partial charge in [0.15, 0.2) is 5.60 Å². The first-order valence-electron chi connectivity index (χ1n) is 7.67. The van der Waals surface area contributed by atoms with E-state index in [-0.39, 0.29) is 5.78 Å². The lowest BCUT2D eigenvalue weighted by Gasteiger charge is -2.35. The van der Waals surface area contributed by atoms with E-state index in [4.69, 9.17) is 21.2 Å². The number of halogens is 1. The molecule has 1 spiro atoms. The molecule has 124 valence electrons. The molecule has 0 saturated carbocycles. The number of ketones is 1. The van der Waals surface area contributed by atoms with Crippen molar-refractivity contribution < 1.29 is 19.2 Å². The minimum Gasteiger partial charge on any atom is -0.449 e. The second kappa shape index (κ2) is 5.58. The Morgan fingerprint density at radius 1 is 1.22 bits per heavy atom. The maximum absolute atomic E-state index is 13.1. The highest BCUT2D eigenvalue weighted by molar-refractivity contribution is 6.48. The van der Waals surface area contributed by atoms with Crippen molar-refractivity contribution in [1.82, 2.24) is 5.06 Å². The molecule has 1 atom stereocenters. The van der Waals surface area contributed by atoms with E-state index in [1.54, 1.807) is 18.2 Å². The Hall–Kier alpha value is -1.43. The predicted molar refractivity (Wildman–Crippen MR) is 85.1 cm³/mol. The molecule has 2 saturated heterocycles. The van der Waals surface area contributed by atoms with Crippen molar-refractivity contribution in [2.75, 3.05) is 20.2 Å². The standard InChI is InChI=1S/C17H20ClNO4/c1-11-4-5-12(2)13(10-11)17(18)14(20)16(23-15(17)21)6-8-19(22-3)9-7-16/h4-5,10H,6-9H2,1-3H3. The second-order valence-corrected chi connectivity index (χ2v) is 6.87. The molecule has 2 fully saturated rings. The zero-order valence-corrected chi connectivity index (χ0v) is 14.3. The van der Waals surface area contributed by atoms with Gasteiger partial charge in [0.1, 0.15) is 0 Å². The molecule has 1 aromatic carbocycles. The van der Waals surface area contributed by atoms with Gasteiger partial charge in [0.25, 0.3) is 0 Å². The van der Waals surface area contributed by atoms with Crippen molar-refractivity contribution in [2.45, 2.75) is 37.2 Å². The summed E-state index contributed by atoms with van der Waals surface area (Å²) >= 11 is 6.60. The fourth-order valence-electron chi connectivity index (χ4n) is 3.40. The minimum absolute atomic E-state index is 0.346. The first-order chi connectivity index (χ1) is 10.8. The molecule has 2 aliphatic rings. The van der Waals surface area contributed by atoms with Crippen LogP contribution >= 0.6 is 11.6 Å². The average Bonchev–Trinajstić information content (AvgIpc) is 2.73. The summed E-state index contributed by atoms with van der Waals surface area (Å²) in [4.78, 5) is 29.1. The number of Topliss-reactive ketones (excluding diaryl/α,β-unsaturated/α-hetero) is 1. The molecule has 6 heteroatoms. The summed E-state index contributed by atoms with van der Waals surface area (Å²) in [7, 11) is 1.59. The molecule has 0 radical (unpaired) electrons. The molecule has 2 aliphatic heterocycles. The fourth-order valence-corrected chi connectivity index (χ4v) is 3.81. The Morgan fingerprint density at radius 3 is 2.48 bits per heavy atom. The van der Waals surface area contributed by atoms with Crippen LogP contribution in [0.1, 0.15) is 29.5 Å². The van der Waals surface area contributed by atoms with Gasteiger partial charge in [-0.1, -0.05) is 35.4 Å². The lowest BCUT2D eigenvalue weighted by atomic mass is 9.80. The van der Waals surface area contributed by atoms with Crippen LogP contribution in [0.4, 0.5) is 0 Å². The summed E-state index contributed by atoms with van der Waals surface area (Å²) in [5.74, 6) is -1.01. The number of aryl methyl sites for hydroxylation is 2. The summed E-state index contributed by atoms with van der Waals surface area (Å²) in [5, 5.41) is 1.75. The summed E-state index contributed by atoms with van der Waals surface area (Å²) in [6.45, 7) is 4.79. The lowest BCUT2D eigenvalue weighted by molar-refractivity contribution is -0.184. The average molecular weight is 338 g/mol. The molecule has 0 aliphatic carbocycles. The molecule has 0 amide bonds. The minimum atomic E-state index is -1.74. The van der Waals surface area contributed by atoms with Crippen LogP contribution in [-0.2, 0) is 24.0 Å². The molecular formula is C17H20ClNO4. The first kappa shape index (κ1) is 16.4. The molecule has 2 heterocycles. The van der Waals surface area contributed by atoms with Gasteiger partial charge in [0.05, 0.1) is 7.11 Å². The zero-order valence-electron chi connectivity index (χ0n) is 13.5. The molecule has 0 bridgehead atoms. The van der Waals surface area contributed by atoms with Gasteiger partial charge in [0.2, 0.25) is 10.7 Å². The molecular weight excluding hydrogens is 318 g/mol. The smallest absolute Gasteiger partial charge is 0.340 e. The van der Waals surface area contributed by atoms with E-state index in [9.17, 15) is 9.59 Å². The van der Waals surface area contributed by atoms with Crippen molar-refractivity contribution in [2.24, 2.45) is 0 Å². The predicted octanol–water partition coefficient (Wildman–Crippen LogP) is 2.26. The number of hydrogen-bond donors (Lipinski definition) is 0. The van der Waals surface area contributed by atoms with Crippen molar-refractivity contribution in [3.8, 4) is 0 Å². The Balaban J connectivity index is 2.00. The molecule has 0 aromatic heterocycles. The monoisotopic (exact) mass is 337 g/mol. The van der Waals surface area contributed by atoms with Crippen LogP contribution in [0.15, 0.2) is 18.2 Å². The molecule has 3 rings (SSSR count). The largest absolute Gasteiger partial charge is 0.449 e. The topological polar surface area (TPSA) is 55.8 Å². The van der Waals surface area contributed by atoms with Crippen LogP contribution in [0.5, 0.6) is 0 Å². The number of nitrogens with zero attached hydrogens (tertiary/aromatic N) is 1. The maximum atomic E-state index is 13.1. The van der Waals surface area contributed by atoms with Gasteiger partial charge in [-0.3, -0.25) is 4.79 Å². The third-order valence-electron chi connectivity index (χ3n) is 4.85. The number of carbonyl (C=O) groups excluding carboxylic acids is 2. The number of rotatable bonds is 2. The molecule has 1 aromatic rings. The van der Waals surface area contributed by atoms with Crippen LogP contribution in [0, 0.1) is 13.8 Å². The summed E-state index contributed by atoms with van der Waals surface area (Å²) in [5.41, 5.74) is 1.15. The molecule has 23 heavy (non-hydrogen) atoms. The summed E-state index contributed by atoms with van der Waals surface area (Å²) < 4.78 is 5.56. The number of carbonyl (C=O) groups is 2. The number of esters is 1. The van der Waals surface area contributed by atoms with Gasteiger partial charge in [-0.25, -0.2) is 4.79 Å². The summed E-state index contributed by atoms with van der Waals surface area (Å²) in [6.07, 6.45) is 0.787. The van der Waals surface area contributed by atoms with Crippen LogP contribution in [0.25, 0.3) is 0 Å². The zero-order chi connectivity index (χ0) is 16.8. The van der Waals surface area contributed by atoms with E-state index in [1.165, 1.54) is 0 Å². The van der Waals surface area contributed by atoms with E-state index in [2.05, 4.69) is 0 Å². The third kappa shape index (κ3) is 2.38. The van der Waals surface area contributed by atoms with E-state index >= 15 is 0 Å². The van der Waals surface area contributed by atoms with E-state index in [0.717, 1.165) is 11.1 Å². The normalized spacial score (nSPS) is 27.5.